The summed E-state index contributed by atoms with van der Waals surface area (Å²) in [7, 11) is 0. The van der Waals surface area contributed by atoms with Crippen molar-refractivity contribution in [2.45, 2.75) is 32.2 Å². The number of aromatic nitrogens is 2. The number of anilines is 1. The van der Waals surface area contributed by atoms with E-state index in [2.05, 4.69) is 33.8 Å². The van der Waals surface area contributed by atoms with E-state index < -0.39 is 0 Å². The molecule has 0 radical (unpaired) electrons. The number of hydrogen-bond acceptors (Lipinski definition) is 4. The van der Waals surface area contributed by atoms with Crippen LogP contribution < -0.4 is 10.6 Å². The number of hydrogen-bond donors (Lipinski definition) is 2. The first-order valence-electron chi connectivity index (χ1n) is 8.19. The summed E-state index contributed by atoms with van der Waals surface area (Å²) in [5, 5.41) is 6.86. The summed E-state index contributed by atoms with van der Waals surface area (Å²) in [4.78, 5) is 8.90. The highest BCUT2D eigenvalue weighted by molar-refractivity contribution is 5.36. The Balaban J connectivity index is 1.57. The van der Waals surface area contributed by atoms with Crippen molar-refractivity contribution in [2.24, 2.45) is 5.92 Å². The smallest absolute Gasteiger partial charge is 0.126 e. The van der Waals surface area contributed by atoms with Crippen LogP contribution in [0.25, 0.3) is 0 Å². The van der Waals surface area contributed by atoms with E-state index in [0.717, 1.165) is 37.8 Å². The van der Waals surface area contributed by atoms with Gasteiger partial charge in [0.15, 0.2) is 0 Å². The van der Waals surface area contributed by atoms with Crippen LogP contribution >= 0.6 is 0 Å². The van der Waals surface area contributed by atoms with E-state index in [1.807, 2.05) is 18.3 Å². The Kier molecular flexibility index (Phi) is 5.37. The molecule has 1 unspecified atom stereocenters. The van der Waals surface area contributed by atoms with Gasteiger partial charge < -0.3 is 10.6 Å². The summed E-state index contributed by atoms with van der Waals surface area (Å²) in [6, 6.07) is 10.3. The van der Waals surface area contributed by atoms with Crippen molar-refractivity contribution in [2.75, 3.05) is 18.4 Å². The van der Waals surface area contributed by atoms with Gasteiger partial charge in [0.1, 0.15) is 5.82 Å². The zero-order valence-electron chi connectivity index (χ0n) is 13.0. The summed E-state index contributed by atoms with van der Waals surface area (Å²) < 4.78 is 0. The van der Waals surface area contributed by atoms with Crippen molar-refractivity contribution in [1.82, 2.24) is 15.3 Å². The van der Waals surface area contributed by atoms with Crippen LogP contribution in [0.5, 0.6) is 0 Å². The SMILES string of the molecule is c1cncc(CNc2cccc(CC3CCCNCC3)n2)c1. The molecule has 3 heterocycles. The maximum Gasteiger partial charge on any atom is 0.126 e. The fourth-order valence-corrected chi connectivity index (χ4v) is 2.98. The molecule has 0 spiro atoms. The predicted molar refractivity (Wildman–Crippen MR) is 89.7 cm³/mol. The van der Waals surface area contributed by atoms with Gasteiger partial charge >= 0.3 is 0 Å². The largest absolute Gasteiger partial charge is 0.366 e. The molecule has 22 heavy (non-hydrogen) atoms. The number of rotatable bonds is 5. The van der Waals surface area contributed by atoms with Crippen LogP contribution in [-0.2, 0) is 13.0 Å². The standard InChI is InChI=1S/C18H24N4/c1-6-17(12-15-4-2-9-19-11-8-15)22-18(7-1)21-14-16-5-3-10-20-13-16/h1,3,5-7,10,13,15,19H,2,4,8-9,11-12,14H2,(H,21,22). The van der Waals surface area contributed by atoms with Crippen LogP contribution in [0.15, 0.2) is 42.7 Å². The average molecular weight is 296 g/mol. The molecule has 0 bridgehead atoms. The van der Waals surface area contributed by atoms with Crippen molar-refractivity contribution in [3.8, 4) is 0 Å². The minimum Gasteiger partial charge on any atom is -0.366 e. The monoisotopic (exact) mass is 296 g/mol. The van der Waals surface area contributed by atoms with E-state index in [1.54, 1.807) is 6.20 Å². The van der Waals surface area contributed by atoms with E-state index >= 15 is 0 Å². The Labute approximate surface area is 132 Å². The molecule has 2 N–H and O–H groups in total. The van der Waals surface area contributed by atoms with Gasteiger partial charge in [0, 0.05) is 24.6 Å². The van der Waals surface area contributed by atoms with Gasteiger partial charge in [-0.15, -0.1) is 0 Å². The minimum absolute atomic E-state index is 0.760. The summed E-state index contributed by atoms with van der Waals surface area (Å²) >= 11 is 0. The summed E-state index contributed by atoms with van der Waals surface area (Å²) in [6.45, 7) is 3.07. The third-order valence-corrected chi connectivity index (χ3v) is 4.20. The van der Waals surface area contributed by atoms with Crippen LogP contribution in [-0.4, -0.2) is 23.1 Å². The lowest BCUT2D eigenvalue weighted by molar-refractivity contribution is 0.465. The first-order valence-corrected chi connectivity index (χ1v) is 8.19. The number of pyridine rings is 2. The molecule has 1 saturated heterocycles. The predicted octanol–water partition coefficient (Wildman–Crippen LogP) is 3.02. The zero-order valence-corrected chi connectivity index (χ0v) is 13.0. The second-order valence-corrected chi connectivity index (χ2v) is 5.98. The van der Waals surface area contributed by atoms with Gasteiger partial charge in [-0.3, -0.25) is 4.98 Å². The molecule has 116 valence electrons. The molecule has 2 aromatic heterocycles. The molecular weight excluding hydrogens is 272 g/mol. The molecule has 4 nitrogen and oxygen atoms in total. The summed E-state index contributed by atoms with van der Waals surface area (Å²) in [5.41, 5.74) is 2.37. The molecule has 0 aliphatic carbocycles. The minimum atomic E-state index is 0.760. The lowest BCUT2D eigenvalue weighted by Crippen LogP contribution is -2.14. The lowest BCUT2D eigenvalue weighted by atomic mass is 9.95. The first-order chi connectivity index (χ1) is 10.9. The number of nitrogens with one attached hydrogen (secondary N) is 2. The molecule has 1 fully saturated rings. The Hall–Kier alpha value is -1.94. The van der Waals surface area contributed by atoms with E-state index in [-0.39, 0.29) is 0 Å². The summed E-state index contributed by atoms with van der Waals surface area (Å²) in [5.74, 6) is 1.71. The van der Waals surface area contributed by atoms with Crippen LogP contribution in [0.3, 0.4) is 0 Å². The van der Waals surface area contributed by atoms with Crippen molar-refractivity contribution in [3.05, 3.63) is 54.0 Å². The second-order valence-electron chi connectivity index (χ2n) is 5.98. The highest BCUT2D eigenvalue weighted by Gasteiger charge is 2.13. The van der Waals surface area contributed by atoms with E-state index in [1.165, 1.54) is 30.5 Å². The van der Waals surface area contributed by atoms with E-state index in [9.17, 15) is 0 Å². The summed E-state index contributed by atoms with van der Waals surface area (Å²) in [6.07, 6.45) is 8.62. The van der Waals surface area contributed by atoms with Crippen LogP contribution in [0.1, 0.15) is 30.5 Å². The topological polar surface area (TPSA) is 49.8 Å². The average Bonchev–Trinajstić information content (AvgIpc) is 2.83. The first kappa shape index (κ1) is 15.0. The van der Waals surface area contributed by atoms with Gasteiger partial charge in [0.05, 0.1) is 0 Å². The molecule has 1 aliphatic rings. The molecule has 2 aromatic rings. The van der Waals surface area contributed by atoms with Crippen molar-refractivity contribution >= 4 is 5.82 Å². The molecule has 0 aromatic carbocycles. The Morgan fingerprint density at radius 2 is 2.14 bits per heavy atom. The van der Waals surface area contributed by atoms with Crippen LogP contribution in [0, 0.1) is 5.92 Å². The Morgan fingerprint density at radius 3 is 3.05 bits per heavy atom. The van der Waals surface area contributed by atoms with Gasteiger partial charge in [0.25, 0.3) is 0 Å². The van der Waals surface area contributed by atoms with Gasteiger partial charge in [-0.25, -0.2) is 4.98 Å². The normalized spacial score (nSPS) is 18.6. The molecule has 4 heteroatoms. The Bertz CT molecular complexity index is 562. The molecule has 3 rings (SSSR count). The Morgan fingerprint density at radius 1 is 1.14 bits per heavy atom. The fourth-order valence-electron chi connectivity index (χ4n) is 2.98. The molecule has 1 aliphatic heterocycles. The second kappa shape index (κ2) is 7.90. The van der Waals surface area contributed by atoms with Gasteiger partial charge in [-0.1, -0.05) is 12.1 Å². The lowest BCUT2D eigenvalue weighted by Gasteiger charge is -2.14. The van der Waals surface area contributed by atoms with Gasteiger partial charge in [-0.05, 0) is 68.5 Å². The quantitative estimate of drug-likeness (QED) is 0.890. The third kappa shape index (κ3) is 4.53. The van der Waals surface area contributed by atoms with E-state index in [4.69, 9.17) is 4.98 Å². The highest BCUT2D eigenvalue weighted by atomic mass is 15.0. The van der Waals surface area contributed by atoms with Crippen molar-refractivity contribution < 1.29 is 0 Å². The molecular formula is C18H24N4. The van der Waals surface area contributed by atoms with Crippen molar-refractivity contribution in [1.29, 1.82) is 0 Å². The zero-order chi connectivity index (χ0) is 15.0. The van der Waals surface area contributed by atoms with Gasteiger partial charge in [0.2, 0.25) is 0 Å². The maximum atomic E-state index is 4.76. The van der Waals surface area contributed by atoms with Crippen molar-refractivity contribution in [3.63, 3.8) is 0 Å². The maximum absolute atomic E-state index is 4.76. The third-order valence-electron chi connectivity index (χ3n) is 4.20. The van der Waals surface area contributed by atoms with Crippen LogP contribution in [0.4, 0.5) is 5.82 Å². The molecule has 1 atom stereocenters. The molecule has 0 saturated carbocycles. The van der Waals surface area contributed by atoms with Crippen LogP contribution in [0.2, 0.25) is 0 Å². The molecule has 0 amide bonds. The fraction of sp³-hybridized carbons (Fsp3) is 0.444. The number of nitrogens with zero attached hydrogens (tertiary/aromatic N) is 2. The highest BCUT2D eigenvalue weighted by Crippen LogP contribution is 2.19. The van der Waals surface area contributed by atoms with Gasteiger partial charge in [-0.2, -0.15) is 0 Å². The van der Waals surface area contributed by atoms with E-state index in [0.29, 0.717) is 0 Å².